The summed E-state index contributed by atoms with van der Waals surface area (Å²) < 4.78 is 11.1. The van der Waals surface area contributed by atoms with Crippen LogP contribution in [-0.4, -0.2) is 40.9 Å². The minimum Gasteiger partial charge on any atom is -0.390 e. The van der Waals surface area contributed by atoms with Gasteiger partial charge in [0.1, 0.15) is 6.10 Å². The van der Waals surface area contributed by atoms with Crippen LogP contribution in [0.4, 0.5) is 0 Å². The highest BCUT2D eigenvalue weighted by molar-refractivity contribution is 4.92. The molecule has 1 heterocycles. The van der Waals surface area contributed by atoms with Crippen molar-refractivity contribution in [3.63, 3.8) is 0 Å². The zero-order chi connectivity index (χ0) is 19.3. The predicted octanol–water partition coefficient (Wildman–Crippen LogP) is 5.12. The van der Waals surface area contributed by atoms with Crippen molar-refractivity contribution in [2.45, 2.75) is 122 Å². The van der Waals surface area contributed by atoms with E-state index < -0.39 is 18.0 Å². The van der Waals surface area contributed by atoms with Crippen LogP contribution in [0.15, 0.2) is 12.2 Å². The molecule has 2 N–H and O–H groups in total. The van der Waals surface area contributed by atoms with Crippen molar-refractivity contribution in [1.82, 2.24) is 0 Å². The van der Waals surface area contributed by atoms with Crippen molar-refractivity contribution in [3.05, 3.63) is 12.2 Å². The lowest BCUT2D eigenvalue weighted by atomic mass is 10.0. The molecule has 0 aromatic rings. The second kappa shape index (κ2) is 13.7. The highest BCUT2D eigenvalue weighted by Gasteiger charge is 2.36. The number of ether oxygens (including phenoxy) is 2. The maximum Gasteiger partial charge on any atom is 0.163 e. The summed E-state index contributed by atoms with van der Waals surface area (Å²) in [5, 5.41) is 20.1. The molecule has 1 rings (SSSR count). The normalized spacial score (nSPS) is 22.1. The second-order valence-electron chi connectivity index (χ2n) is 8.14. The Bertz CT molecular complexity index is 367. The molecule has 4 nitrogen and oxygen atoms in total. The van der Waals surface area contributed by atoms with Crippen LogP contribution in [0.5, 0.6) is 0 Å². The van der Waals surface area contributed by atoms with Crippen LogP contribution in [0.3, 0.4) is 0 Å². The molecule has 26 heavy (non-hydrogen) atoms. The molecule has 0 radical (unpaired) electrons. The van der Waals surface area contributed by atoms with E-state index in [-0.39, 0.29) is 6.10 Å². The summed E-state index contributed by atoms with van der Waals surface area (Å²) in [6.07, 6.45) is 16.7. The Morgan fingerprint density at radius 1 is 0.962 bits per heavy atom. The van der Waals surface area contributed by atoms with Gasteiger partial charge in [0.15, 0.2) is 5.79 Å². The molecular weight excluding hydrogens is 328 g/mol. The molecule has 1 saturated heterocycles. The van der Waals surface area contributed by atoms with E-state index in [0.29, 0.717) is 13.0 Å². The molecule has 1 aliphatic rings. The maximum absolute atomic E-state index is 10.1. The molecule has 3 atom stereocenters. The van der Waals surface area contributed by atoms with Gasteiger partial charge in [-0.25, -0.2) is 0 Å². The quantitative estimate of drug-likeness (QED) is 0.310. The van der Waals surface area contributed by atoms with Crippen molar-refractivity contribution in [1.29, 1.82) is 0 Å². The van der Waals surface area contributed by atoms with E-state index >= 15 is 0 Å². The largest absolute Gasteiger partial charge is 0.390 e. The third-order valence-electron chi connectivity index (χ3n) is 5.05. The number of hydrogen-bond donors (Lipinski definition) is 2. The maximum atomic E-state index is 10.1. The first kappa shape index (κ1) is 23.6. The molecule has 0 bridgehead atoms. The Kier molecular flexibility index (Phi) is 12.4. The van der Waals surface area contributed by atoms with E-state index in [1.54, 1.807) is 6.08 Å². The predicted molar refractivity (Wildman–Crippen MR) is 107 cm³/mol. The molecule has 0 aromatic heterocycles. The van der Waals surface area contributed by atoms with Crippen LogP contribution in [0.1, 0.15) is 97.8 Å². The Hall–Kier alpha value is -0.420. The van der Waals surface area contributed by atoms with Crippen LogP contribution < -0.4 is 0 Å². The number of unbranched alkanes of at least 4 members (excludes halogenated alkanes) is 9. The summed E-state index contributed by atoms with van der Waals surface area (Å²) >= 11 is 0. The minimum atomic E-state index is -0.607. The summed E-state index contributed by atoms with van der Waals surface area (Å²) in [4.78, 5) is 0. The molecule has 154 valence electrons. The second-order valence-corrected chi connectivity index (χ2v) is 8.14. The third kappa shape index (κ3) is 11.3. The Labute approximate surface area is 161 Å². The van der Waals surface area contributed by atoms with E-state index in [2.05, 4.69) is 6.92 Å². The standard InChI is InChI=1S/C22H42O4/c1-4-5-6-7-8-9-10-11-12-13-15-19(23)16-14-17-20(24)21-18-25-22(2,3)26-21/h14,16,19-21,23-24H,4-13,15,17-18H2,1-3H3/b16-14-/t19-,20-,21-/m1/s1. The van der Waals surface area contributed by atoms with Crippen LogP contribution in [-0.2, 0) is 9.47 Å². The van der Waals surface area contributed by atoms with Gasteiger partial charge in [0.2, 0.25) is 0 Å². The highest BCUT2D eigenvalue weighted by Crippen LogP contribution is 2.25. The Morgan fingerprint density at radius 2 is 1.54 bits per heavy atom. The van der Waals surface area contributed by atoms with Crippen molar-refractivity contribution in [2.75, 3.05) is 6.61 Å². The lowest BCUT2D eigenvalue weighted by molar-refractivity contribution is -0.150. The van der Waals surface area contributed by atoms with Crippen LogP contribution in [0, 0.1) is 0 Å². The number of aliphatic hydroxyl groups is 2. The lowest BCUT2D eigenvalue weighted by Crippen LogP contribution is -2.30. The monoisotopic (exact) mass is 370 g/mol. The molecule has 4 heteroatoms. The average molecular weight is 371 g/mol. The number of hydrogen-bond acceptors (Lipinski definition) is 4. The van der Waals surface area contributed by atoms with Gasteiger partial charge in [-0.3, -0.25) is 0 Å². The van der Waals surface area contributed by atoms with Gasteiger partial charge in [-0.15, -0.1) is 0 Å². The van der Waals surface area contributed by atoms with E-state index in [4.69, 9.17) is 9.47 Å². The van der Waals surface area contributed by atoms with E-state index in [1.807, 2.05) is 19.9 Å². The fraction of sp³-hybridized carbons (Fsp3) is 0.909. The van der Waals surface area contributed by atoms with Crippen molar-refractivity contribution in [2.24, 2.45) is 0 Å². The average Bonchev–Trinajstić information content (AvgIpc) is 2.96. The molecule has 1 aliphatic heterocycles. The van der Waals surface area contributed by atoms with Gasteiger partial charge in [0.25, 0.3) is 0 Å². The fourth-order valence-electron chi connectivity index (χ4n) is 3.37. The van der Waals surface area contributed by atoms with Crippen molar-refractivity contribution in [3.8, 4) is 0 Å². The van der Waals surface area contributed by atoms with Gasteiger partial charge in [-0.1, -0.05) is 83.3 Å². The van der Waals surface area contributed by atoms with Gasteiger partial charge in [-0.05, 0) is 26.7 Å². The minimum absolute atomic E-state index is 0.284. The summed E-state index contributed by atoms with van der Waals surface area (Å²) in [5.41, 5.74) is 0. The molecule has 1 fully saturated rings. The molecule has 0 unspecified atom stereocenters. The molecule has 0 aromatic carbocycles. The van der Waals surface area contributed by atoms with Gasteiger partial charge < -0.3 is 19.7 Å². The van der Waals surface area contributed by atoms with Crippen LogP contribution >= 0.6 is 0 Å². The highest BCUT2D eigenvalue weighted by atomic mass is 16.7. The first-order valence-electron chi connectivity index (χ1n) is 10.8. The van der Waals surface area contributed by atoms with Crippen LogP contribution in [0.2, 0.25) is 0 Å². The molecular formula is C22H42O4. The molecule has 0 amide bonds. The van der Waals surface area contributed by atoms with Gasteiger partial charge in [0, 0.05) is 0 Å². The van der Waals surface area contributed by atoms with Crippen molar-refractivity contribution < 1.29 is 19.7 Å². The topological polar surface area (TPSA) is 58.9 Å². The van der Waals surface area contributed by atoms with Crippen LogP contribution in [0.25, 0.3) is 0 Å². The SMILES string of the molecule is CCCCCCCCCCCC[C@@H](O)/C=C\C[C@@H](O)[C@H]1COC(C)(C)O1. The lowest BCUT2D eigenvalue weighted by Gasteiger charge is -2.19. The number of rotatable bonds is 15. The molecule has 0 aliphatic carbocycles. The summed E-state index contributed by atoms with van der Waals surface area (Å²) in [5.74, 6) is -0.607. The fourth-order valence-corrected chi connectivity index (χ4v) is 3.37. The van der Waals surface area contributed by atoms with Gasteiger partial charge in [0.05, 0.1) is 18.8 Å². The Morgan fingerprint density at radius 3 is 2.08 bits per heavy atom. The smallest absolute Gasteiger partial charge is 0.163 e. The Balaban J connectivity index is 1.96. The third-order valence-corrected chi connectivity index (χ3v) is 5.05. The summed E-state index contributed by atoms with van der Waals surface area (Å²) in [7, 11) is 0. The van der Waals surface area contributed by atoms with Crippen molar-refractivity contribution >= 4 is 0 Å². The summed E-state index contributed by atoms with van der Waals surface area (Å²) in [6, 6.07) is 0. The van der Waals surface area contributed by atoms with E-state index in [9.17, 15) is 10.2 Å². The van der Waals surface area contributed by atoms with Gasteiger partial charge in [-0.2, -0.15) is 0 Å². The van der Waals surface area contributed by atoms with Gasteiger partial charge >= 0.3 is 0 Å². The summed E-state index contributed by atoms with van der Waals surface area (Å²) in [6.45, 7) is 6.38. The first-order chi connectivity index (χ1) is 12.4. The van der Waals surface area contributed by atoms with E-state index in [1.165, 1.54) is 57.8 Å². The molecule has 0 spiro atoms. The first-order valence-corrected chi connectivity index (χ1v) is 10.8. The zero-order valence-electron chi connectivity index (χ0n) is 17.3. The zero-order valence-corrected chi connectivity index (χ0v) is 17.3. The molecule has 0 saturated carbocycles. The van der Waals surface area contributed by atoms with E-state index in [0.717, 1.165) is 12.8 Å². The number of aliphatic hydroxyl groups excluding tert-OH is 2.